The van der Waals surface area contributed by atoms with Gasteiger partial charge in [0.05, 0.1) is 49.8 Å². The Balaban J connectivity index is 1.56. The molecule has 1 saturated heterocycles. The molecule has 1 amide bonds. The molecule has 0 aliphatic carbocycles. The summed E-state index contributed by atoms with van der Waals surface area (Å²) in [7, 11) is 4.45. The summed E-state index contributed by atoms with van der Waals surface area (Å²) in [6.45, 7) is 4.36. The number of amides is 1. The van der Waals surface area contributed by atoms with E-state index in [4.69, 9.17) is 28.7 Å². The minimum Gasteiger partial charge on any atom is -0.507 e. The van der Waals surface area contributed by atoms with E-state index in [2.05, 4.69) is 0 Å². The Morgan fingerprint density at radius 3 is 2.47 bits per heavy atom. The molecular weight excluding hydrogens is 572 g/mol. The Morgan fingerprint density at radius 2 is 1.79 bits per heavy atom. The van der Waals surface area contributed by atoms with Gasteiger partial charge in [-0.05, 0) is 73.5 Å². The molecule has 0 spiro atoms. The molecule has 3 heterocycles. The van der Waals surface area contributed by atoms with Crippen molar-refractivity contribution < 1.29 is 38.4 Å². The molecular formula is C32H30N2O8S. The molecule has 2 aliphatic rings. The van der Waals surface area contributed by atoms with Crippen LogP contribution in [-0.4, -0.2) is 55.8 Å². The fourth-order valence-corrected chi connectivity index (χ4v) is 6.60. The minimum absolute atomic E-state index is 0.000479. The van der Waals surface area contributed by atoms with Crippen molar-refractivity contribution >= 4 is 44.1 Å². The molecule has 1 N–H and O–H groups in total. The molecule has 6 rings (SSSR count). The quantitative estimate of drug-likeness (QED) is 0.155. The monoisotopic (exact) mass is 602 g/mol. The van der Waals surface area contributed by atoms with Gasteiger partial charge in [0.1, 0.15) is 23.4 Å². The first-order chi connectivity index (χ1) is 20.8. The molecule has 1 fully saturated rings. The smallest absolute Gasteiger partial charge is 0.301 e. The Hall–Kier alpha value is -4.77. The number of benzene rings is 3. The highest BCUT2D eigenvalue weighted by Crippen LogP contribution is 2.48. The largest absolute Gasteiger partial charge is 0.507 e. The number of aliphatic hydroxyl groups is 1. The van der Waals surface area contributed by atoms with E-state index < -0.39 is 17.7 Å². The maximum Gasteiger partial charge on any atom is 0.301 e. The van der Waals surface area contributed by atoms with Crippen molar-refractivity contribution in [2.75, 3.05) is 32.8 Å². The van der Waals surface area contributed by atoms with Crippen LogP contribution in [0.3, 0.4) is 0 Å². The van der Waals surface area contributed by atoms with Crippen molar-refractivity contribution in [2.24, 2.45) is 0 Å². The third-order valence-corrected chi connectivity index (χ3v) is 8.50. The molecule has 4 aromatic rings. The van der Waals surface area contributed by atoms with E-state index in [1.54, 1.807) is 42.5 Å². The number of ketones is 1. The molecule has 0 saturated carbocycles. The molecule has 3 aromatic carbocycles. The van der Waals surface area contributed by atoms with E-state index in [1.165, 1.54) is 37.6 Å². The fourth-order valence-electron chi connectivity index (χ4n) is 5.58. The highest BCUT2D eigenvalue weighted by molar-refractivity contribution is 7.22. The summed E-state index contributed by atoms with van der Waals surface area (Å²) in [5, 5.41) is 12.0. The van der Waals surface area contributed by atoms with Crippen molar-refractivity contribution in [1.29, 1.82) is 0 Å². The van der Waals surface area contributed by atoms with Crippen LogP contribution in [0.25, 0.3) is 16.0 Å². The first-order valence-corrected chi connectivity index (χ1v) is 14.5. The number of rotatable bonds is 8. The summed E-state index contributed by atoms with van der Waals surface area (Å²) in [6, 6.07) is 13.0. The van der Waals surface area contributed by atoms with Crippen molar-refractivity contribution in [2.45, 2.75) is 32.4 Å². The van der Waals surface area contributed by atoms with Gasteiger partial charge in [-0.15, -0.1) is 0 Å². The van der Waals surface area contributed by atoms with E-state index in [0.717, 1.165) is 16.0 Å². The van der Waals surface area contributed by atoms with Crippen molar-refractivity contribution in [3.8, 4) is 28.7 Å². The second kappa shape index (κ2) is 11.1. The van der Waals surface area contributed by atoms with E-state index in [1.807, 2.05) is 19.9 Å². The summed E-state index contributed by atoms with van der Waals surface area (Å²) in [4.78, 5) is 33.6. The number of aliphatic hydroxyl groups excluding tert-OH is 1. The molecule has 1 aromatic heterocycles. The van der Waals surface area contributed by atoms with E-state index in [9.17, 15) is 14.7 Å². The summed E-state index contributed by atoms with van der Waals surface area (Å²) in [5.74, 6) is 0.449. The lowest BCUT2D eigenvalue weighted by atomic mass is 9.94. The molecule has 0 radical (unpaired) electrons. The number of methoxy groups -OCH3 is 3. The van der Waals surface area contributed by atoms with Gasteiger partial charge in [0.25, 0.3) is 5.78 Å². The first-order valence-electron chi connectivity index (χ1n) is 13.7. The predicted octanol–water partition coefficient (Wildman–Crippen LogP) is 5.67. The normalized spacial score (nSPS) is 19.0. The standard InChI is InChI=1S/C32H30N2O8S/c1-6-41-20-8-9-21-25(15-20)43-32(33-21)34-27(19-13-23(38-3)30(40-5)24(14-19)39-4)26(29(36)31(34)37)28(35)17-7-10-22-18(12-17)11-16(2)42-22/h7-10,12-16,27,35H,6,11H2,1-5H3/b28-26-. The maximum absolute atomic E-state index is 13.8. The zero-order valence-electron chi connectivity index (χ0n) is 24.3. The third-order valence-electron chi connectivity index (χ3n) is 7.48. The van der Waals surface area contributed by atoms with Crippen LogP contribution in [0.2, 0.25) is 0 Å². The molecule has 2 atom stereocenters. The van der Waals surface area contributed by atoms with Crippen molar-refractivity contribution in [3.63, 3.8) is 0 Å². The lowest BCUT2D eigenvalue weighted by Gasteiger charge is -2.24. The zero-order valence-corrected chi connectivity index (χ0v) is 25.1. The summed E-state index contributed by atoms with van der Waals surface area (Å²) >= 11 is 1.25. The van der Waals surface area contributed by atoms with Crippen LogP contribution >= 0.6 is 11.3 Å². The lowest BCUT2D eigenvalue weighted by Crippen LogP contribution is -2.29. The van der Waals surface area contributed by atoms with Crippen LogP contribution in [0.4, 0.5) is 5.13 Å². The number of nitrogens with zero attached hydrogens (tertiary/aromatic N) is 2. The molecule has 11 heteroatoms. The van der Waals surface area contributed by atoms with Crippen LogP contribution in [0.15, 0.2) is 54.1 Å². The Kier molecular flexibility index (Phi) is 7.35. The molecule has 10 nitrogen and oxygen atoms in total. The van der Waals surface area contributed by atoms with E-state index in [0.29, 0.717) is 57.8 Å². The second-order valence-corrected chi connectivity index (χ2v) is 11.2. The highest BCUT2D eigenvalue weighted by Gasteiger charge is 2.49. The number of thiazole rings is 1. The maximum atomic E-state index is 13.8. The Labute approximate surface area is 252 Å². The van der Waals surface area contributed by atoms with Gasteiger partial charge in [-0.3, -0.25) is 14.5 Å². The number of carbonyl (C=O) groups is 2. The summed E-state index contributed by atoms with van der Waals surface area (Å²) in [5.41, 5.74) is 2.33. The van der Waals surface area contributed by atoms with Gasteiger partial charge in [-0.2, -0.15) is 0 Å². The van der Waals surface area contributed by atoms with Crippen molar-refractivity contribution in [3.05, 3.63) is 70.8 Å². The summed E-state index contributed by atoms with van der Waals surface area (Å²) < 4.78 is 28.9. The number of aromatic nitrogens is 1. The van der Waals surface area contributed by atoms with Gasteiger partial charge in [-0.1, -0.05) is 11.3 Å². The Morgan fingerprint density at radius 1 is 1.05 bits per heavy atom. The van der Waals surface area contributed by atoms with Crippen LogP contribution in [0.1, 0.15) is 36.6 Å². The zero-order chi connectivity index (χ0) is 30.4. The number of fused-ring (bicyclic) bond motifs is 2. The fraction of sp³-hybridized carbons (Fsp3) is 0.281. The SMILES string of the molecule is CCOc1ccc2nc(N3C(=O)C(=O)/C(=C(\O)c4ccc5c(c4)CC(C)O5)C3c3cc(OC)c(OC)c(OC)c3)sc2c1. The molecule has 222 valence electrons. The van der Waals surface area contributed by atoms with Crippen LogP contribution < -0.4 is 28.6 Å². The van der Waals surface area contributed by atoms with Crippen LogP contribution in [-0.2, 0) is 16.0 Å². The Bertz CT molecular complexity index is 1770. The third kappa shape index (κ3) is 4.79. The van der Waals surface area contributed by atoms with Gasteiger partial charge in [0, 0.05) is 12.0 Å². The van der Waals surface area contributed by atoms with Gasteiger partial charge in [0.15, 0.2) is 16.6 Å². The number of hydrogen-bond acceptors (Lipinski definition) is 10. The average Bonchev–Trinajstić information content (AvgIpc) is 3.67. The minimum atomic E-state index is -1.05. The van der Waals surface area contributed by atoms with E-state index >= 15 is 0 Å². The average molecular weight is 603 g/mol. The second-order valence-electron chi connectivity index (χ2n) is 10.1. The number of ether oxygens (including phenoxy) is 5. The molecule has 0 bridgehead atoms. The van der Waals surface area contributed by atoms with Crippen LogP contribution in [0.5, 0.6) is 28.7 Å². The van der Waals surface area contributed by atoms with Gasteiger partial charge < -0.3 is 28.8 Å². The number of Topliss-reactive ketones (excluding diaryl/α,β-unsaturated/α-hetero) is 1. The molecule has 43 heavy (non-hydrogen) atoms. The molecule has 2 aliphatic heterocycles. The van der Waals surface area contributed by atoms with Crippen molar-refractivity contribution in [1.82, 2.24) is 4.98 Å². The molecule has 2 unspecified atom stereocenters. The highest BCUT2D eigenvalue weighted by atomic mass is 32.1. The van der Waals surface area contributed by atoms with Gasteiger partial charge in [0.2, 0.25) is 5.75 Å². The summed E-state index contributed by atoms with van der Waals surface area (Å²) in [6.07, 6.45) is 0.663. The number of carbonyl (C=O) groups excluding carboxylic acids is 2. The lowest BCUT2D eigenvalue weighted by molar-refractivity contribution is -0.132. The van der Waals surface area contributed by atoms with Gasteiger partial charge >= 0.3 is 5.91 Å². The number of hydrogen-bond donors (Lipinski definition) is 1. The van der Waals surface area contributed by atoms with Crippen LogP contribution in [0, 0.1) is 0 Å². The van der Waals surface area contributed by atoms with E-state index in [-0.39, 0.29) is 17.4 Å². The van der Waals surface area contributed by atoms with Gasteiger partial charge in [-0.25, -0.2) is 4.98 Å². The predicted molar refractivity (Wildman–Crippen MR) is 162 cm³/mol. The number of anilines is 1. The topological polar surface area (TPSA) is 117 Å². The first kappa shape index (κ1) is 28.4.